The van der Waals surface area contributed by atoms with Crippen molar-refractivity contribution in [3.8, 4) is 11.6 Å². The minimum absolute atomic E-state index is 0.0242. The second kappa shape index (κ2) is 9.95. The molecule has 1 amide bonds. The molecule has 0 spiro atoms. The number of hydrogen-bond donors (Lipinski definition) is 1. The average molecular weight is 496 g/mol. The summed E-state index contributed by atoms with van der Waals surface area (Å²) in [5, 5.41) is 0. The summed E-state index contributed by atoms with van der Waals surface area (Å²) in [5.41, 5.74) is -1.52. The first-order chi connectivity index (χ1) is 15.9. The lowest BCUT2D eigenvalue weighted by Crippen LogP contribution is -2.29. The highest BCUT2D eigenvalue weighted by atomic mass is 32.2. The lowest BCUT2D eigenvalue weighted by atomic mass is 10.0. The molecule has 0 aliphatic heterocycles. The zero-order valence-electron chi connectivity index (χ0n) is 18.5. The Morgan fingerprint density at radius 2 is 1.91 bits per heavy atom. The number of alkyl halides is 3. The Morgan fingerprint density at radius 3 is 2.53 bits per heavy atom. The smallest absolute Gasteiger partial charge is 0.418 e. The van der Waals surface area contributed by atoms with Crippen LogP contribution in [0.3, 0.4) is 0 Å². The van der Waals surface area contributed by atoms with Crippen molar-refractivity contribution in [1.29, 1.82) is 0 Å². The highest BCUT2D eigenvalue weighted by Crippen LogP contribution is 2.37. The number of aromatic nitrogens is 2. The van der Waals surface area contributed by atoms with Gasteiger partial charge in [0.15, 0.2) is 10.6 Å². The van der Waals surface area contributed by atoms with E-state index in [1.54, 1.807) is 18.2 Å². The monoisotopic (exact) mass is 496 g/mol. The van der Waals surface area contributed by atoms with Gasteiger partial charge in [0.05, 0.1) is 22.6 Å². The summed E-state index contributed by atoms with van der Waals surface area (Å²) in [4.78, 5) is 22.2. The lowest BCUT2D eigenvalue weighted by Gasteiger charge is -2.22. The molecule has 180 valence electrons. The number of carbonyl (C=O) groups excluding carboxylic acids is 1. The molecule has 2 heterocycles. The van der Waals surface area contributed by atoms with Crippen LogP contribution < -0.4 is 14.4 Å². The van der Waals surface area contributed by atoms with E-state index in [-0.39, 0.29) is 17.1 Å². The molecule has 0 fully saturated rings. The molecular weight excluding hydrogens is 476 g/mol. The number of rotatable bonds is 6. The molecule has 0 saturated heterocycles. The number of benzene rings is 1. The Balaban J connectivity index is 2.11. The van der Waals surface area contributed by atoms with Crippen LogP contribution in [0.5, 0.6) is 11.6 Å². The summed E-state index contributed by atoms with van der Waals surface area (Å²) >= 11 is -1.54. The summed E-state index contributed by atoms with van der Waals surface area (Å²) in [7, 11) is 2.85. The van der Waals surface area contributed by atoms with E-state index in [9.17, 15) is 26.9 Å². The summed E-state index contributed by atoms with van der Waals surface area (Å²) in [5.74, 6) is -1.98. The summed E-state index contributed by atoms with van der Waals surface area (Å²) in [6.45, 7) is 2.58. The Labute approximate surface area is 196 Å². The number of hydrogen-bond acceptors (Lipinski definition) is 6. The number of nitrogens with zero attached hydrogens (tertiary/aromatic N) is 3. The maximum absolute atomic E-state index is 13.6. The maximum atomic E-state index is 13.6. The first-order valence-electron chi connectivity index (χ1n) is 9.79. The number of amides is 1. The van der Waals surface area contributed by atoms with Crippen molar-refractivity contribution < 1.29 is 31.6 Å². The third-order valence-corrected chi connectivity index (χ3v) is 5.99. The van der Waals surface area contributed by atoms with Gasteiger partial charge >= 0.3 is 6.18 Å². The Hall–Kier alpha value is -3.22. The van der Waals surface area contributed by atoms with Crippen molar-refractivity contribution in [1.82, 2.24) is 14.7 Å². The predicted molar refractivity (Wildman–Crippen MR) is 118 cm³/mol. The molecule has 3 rings (SSSR count). The van der Waals surface area contributed by atoms with Crippen molar-refractivity contribution in [2.75, 3.05) is 19.0 Å². The average Bonchev–Trinajstić information content (AvgIpc) is 2.78. The van der Waals surface area contributed by atoms with E-state index >= 15 is 0 Å². The van der Waals surface area contributed by atoms with E-state index in [1.165, 1.54) is 33.2 Å². The van der Waals surface area contributed by atoms with Crippen LogP contribution in [-0.2, 0) is 17.5 Å². The van der Waals surface area contributed by atoms with E-state index in [2.05, 4.69) is 14.7 Å². The number of anilines is 1. The summed E-state index contributed by atoms with van der Waals surface area (Å²) in [6, 6.07) is 8.39. The zero-order chi connectivity index (χ0) is 25.2. The molecule has 0 aliphatic carbocycles. The molecule has 0 unspecified atom stereocenters. The van der Waals surface area contributed by atoms with E-state index < -0.39 is 52.0 Å². The molecule has 1 atom stereocenters. The second-order valence-electron chi connectivity index (χ2n) is 7.13. The van der Waals surface area contributed by atoms with E-state index in [0.29, 0.717) is 11.1 Å². The van der Waals surface area contributed by atoms with Crippen LogP contribution in [0.25, 0.3) is 0 Å². The normalized spacial score (nSPS) is 12.4. The molecule has 34 heavy (non-hydrogen) atoms. The molecule has 0 saturated carbocycles. The molecule has 2 aromatic heterocycles. The minimum atomic E-state index is -4.76. The van der Waals surface area contributed by atoms with Crippen molar-refractivity contribution in [3.05, 3.63) is 70.9 Å². The van der Waals surface area contributed by atoms with Crippen molar-refractivity contribution in [2.24, 2.45) is 0 Å². The number of pyridine rings is 2. The van der Waals surface area contributed by atoms with Crippen LogP contribution in [0.15, 0.2) is 47.5 Å². The SMILES string of the molecule is CN[S@+]([O-])c1cccc(N(C)C(=O)c2c(Oc3ccc(F)nc3C)ncc(C(F)(F)F)c2C)c1. The minimum Gasteiger partial charge on any atom is -0.593 e. The van der Waals surface area contributed by atoms with Crippen molar-refractivity contribution in [2.45, 2.75) is 24.9 Å². The van der Waals surface area contributed by atoms with Gasteiger partial charge in [0.2, 0.25) is 11.8 Å². The number of ether oxygens (including phenoxy) is 1. The van der Waals surface area contributed by atoms with Crippen LogP contribution in [0, 0.1) is 19.8 Å². The Morgan fingerprint density at radius 1 is 1.21 bits per heavy atom. The van der Waals surface area contributed by atoms with Crippen LogP contribution in [-0.4, -0.2) is 34.5 Å². The Kier molecular flexibility index (Phi) is 7.44. The molecule has 7 nitrogen and oxygen atoms in total. The first-order valence-corrected chi connectivity index (χ1v) is 10.9. The fraction of sp³-hybridized carbons (Fsp3) is 0.227. The van der Waals surface area contributed by atoms with Gasteiger partial charge in [0.25, 0.3) is 5.91 Å². The van der Waals surface area contributed by atoms with Gasteiger partial charge in [0, 0.05) is 32.0 Å². The maximum Gasteiger partial charge on any atom is 0.418 e. The molecule has 1 aromatic carbocycles. The third-order valence-electron chi connectivity index (χ3n) is 4.94. The van der Waals surface area contributed by atoms with Crippen molar-refractivity contribution >= 4 is 23.0 Å². The van der Waals surface area contributed by atoms with E-state index in [4.69, 9.17) is 4.74 Å². The molecule has 1 N–H and O–H groups in total. The largest absolute Gasteiger partial charge is 0.593 e. The second-order valence-corrected chi connectivity index (χ2v) is 8.55. The number of nitrogens with one attached hydrogen (secondary N) is 1. The number of aryl methyl sites for hydroxylation is 1. The van der Waals surface area contributed by atoms with Crippen LogP contribution >= 0.6 is 0 Å². The molecule has 0 bridgehead atoms. The van der Waals surface area contributed by atoms with E-state index in [0.717, 1.165) is 17.9 Å². The number of halogens is 4. The van der Waals surface area contributed by atoms with Crippen LogP contribution in [0.1, 0.15) is 27.2 Å². The van der Waals surface area contributed by atoms with Gasteiger partial charge in [-0.05, 0) is 43.7 Å². The molecule has 0 aliphatic rings. The quantitative estimate of drug-likeness (QED) is 0.306. The molecular formula is C22H20F4N4O3S. The van der Waals surface area contributed by atoms with Gasteiger partial charge in [-0.15, -0.1) is 4.72 Å². The van der Waals surface area contributed by atoms with Gasteiger partial charge in [0.1, 0.15) is 5.56 Å². The van der Waals surface area contributed by atoms with Gasteiger partial charge < -0.3 is 14.2 Å². The van der Waals surface area contributed by atoms with Crippen molar-refractivity contribution in [3.63, 3.8) is 0 Å². The van der Waals surface area contributed by atoms with Gasteiger partial charge in [-0.1, -0.05) is 6.07 Å². The predicted octanol–water partition coefficient (Wildman–Crippen LogP) is 4.56. The lowest BCUT2D eigenvalue weighted by molar-refractivity contribution is -0.138. The third kappa shape index (κ3) is 5.29. The molecule has 0 radical (unpaired) electrons. The zero-order valence-corrected chi connectivity index (χ0v) is 19.3. The first kappa shape index (κ1) is 25.4. The van der Waals surface area contributed by atoms with Gasteiger partial charge in [-0.3, -0.25) is 4.79 Å². The fourth-order valence-electron chi connectivity index (χ4n) is 3.13. The molecule has 12 heteroatoms. The summed E-state index contributed by atoms with van der Waals surface area (Å²) < 4.78 is 74.3. The summed E-state index contributed by atoms with van der Waals surface area (Å²) in [6.07, 6.45) is -4.19. The highest BCUT2D eigenvalue weighted by molar-refractivity contribution is 7.89. The van der Waals surface area contributed by atoms with Crippen LogP contribution in [0.2, 0.25) is 0 Å². The molecule has 3 aromatic rings. The Bertz CT molecular complexity index is 1220. The topological polar surface area (TPSA) is 90.4 Å². The fourth-order valence-corrected chi connectivity index (χ4v) is 3.80. The van der Waals surface area contributed by atoms with Crippen LogP contribution in [0.4, 0.5) is 23.2 Å². The van der Waals surface area contributed by atoms with Gasteiger partial charge in [-0.2, -0.15) is 17.6 Å². The highest BCUT2D eigenvalue weighted by Gasteiger charge is 2.37. The van der Waals surface area contributed by atoms with E-state index in [1.807, 2.05) is 0 Å². The van der Waals surface area contributed by atoms with Gasteiger partial charge in [-0.25, -0.2) is 9.97 Å². The number of carbonyl (C=O) groups is 1. The standard InChI is InChI=1S/C22H20F4N4O3S/c1-12-16(22(24,25)26)11-28-20(33-17-8-9-18(23)29-13(17)2)19(12)21(31)30(4)14-6-5-7-15(10-14)34(32)27-3/h5-11,27H,1-4H3/t34-/m1/s1.